The van der Waals surface area contributed by atoms with E-state index in [2.05, 4.69) is 22.8 Å². The predicted octanol–water partition coefficient (Wildman–Crippen LogP) is 3.16. The number of fused-ring (bicyclic) bond motifs is 3. The van der Waals surface area contributed by atoms with Crippen LogP contribution < -0.4 is 10.6 Å². The molecule has 2 atom stereocenters. The zero-order valence-corrected chi connectivity index (χ0v) is 18.9. The Hall–Kier alpha value is -3.39. The van der Waals surface area contributed by atoms with Crippen molar-refractivity contribution in [1.29, 1.82) is 0 Å². The fraction of sp³-hybridized carbons (Fsp3) is 0.400. The van der Waals surface area contributed by atoms with E-state index < -0.39 is 24.0 Å². The largest absolute Gasteiger partial charge is 0.481 e. The number of nitrogens with one attached hydrogen (secondary N) is 2. The Morgan fingerprint density at radius 2 is 1.64 bits per heavy atom. The number of carboxylic acid groups (broad SMARTS) is 1. The lowest BCUT2D eigenvalue weighted by atomic mass is 9.98. The lowest BCUT2D eigenvalue weighted by Crippen LogP contribution is -2.48. The summed E-state index contributed by atoms with van der Waals surface area (Å²) in [4.78, 5) is 35.9. The summed E-state index contributed by atoms with van der Waals surface area (Å²) >= 11 is 0. The smallest absolute Gasteiger partial charge is 0.407 e. The molecule has 2 aromatic carbocycles. The van der Waals surface area contributed by atoms with Crippen LogP contribution >= 0.6 is 0 Å². The highest BCUT2D eigenvalue weighted by molar-refractivity contribution is 5.85. The number of carboxylic acids is 1. The number of carbonyl (C=O) groups excluding carboxylic acids is 2. The number of benzene rings is 2. The fourth-order valence-corrected chi connectivity index (χ4v) is 4.06. The molecule has 8 nitrogen and oxygen atoms in total. The van der Waals surface area contributed by atoms with Gasteiger partial charge in [-0.1, -0.05) is 55.5 Å². The molecule has 8 heteroatoms. The molecule has 0 radical (unpaired) electrons. The molecule has 3 N–H and O–H groups in total. The SMILES string of the molecule is COCCC(NC(=O)OCC1c2ccccc2-c2ccccc21)C(=O)NCC(C)CC(=O)O. The Morgan fingerprint density at radius 3 is 2.21 bits per heavy atom. The minimum Gasteiger partial charge on any atom is -0.481 e. The average molecular weight is 455 g/mol. The minimum absolute atomic E-state index is 0.0528. The van der Waals surface area contributed by atoms with Gasteiger partial charge in [-0.3, -0.25) is 9.59 Å². The molecule has 0 bridgehead atoms. The molecular formula is C25H30N2O6. The summed E-state index contributed by atoms with van der Waals surface area (Å²) in [5, 5.41) is 14.2. The number of ether oxygens (including phenoxy) is 2. The van der Waals surface area contributed by atoms with Crippen molar-refractivity contribution >= 4 is 18.0 Å². The van der Waals surface area contributed by atoms with E-state index in [1.54, 1.807) is 6.92 Å². The number of hydrogen-bond donors (Lipinski definition) is 3. The summed E-state index contributed by atoms with van der Waals surface area (Å²) in [6.07, 6.45) is -0.477. The van der Waals surface area contributed by atoms with Crippen LogP contribution in [0.3, 0.4) is 0 Å². The number of alkyl carbamates (subject to hydrolysis) is 1. The van der Waals surface area contributed by atoms with Crippen molar-refractivity contribution in [1.82, 2.24) is 10.6 Å². The summed E-state index contributed by atoms with van der Waals surface area (Å²) in [7, 11) is 1.51. The third kappa shape index (κ3) is 6.32. The van der Waals surface area contributed by atoms with E-state index in [-0.39, 0.29) is 44.4 Å². The number of hydrogen-bond acceptors (Lipinski definition) is 5. The third-order valence-corrected chi connectivity index (χ3v) is 5.71. The minimum atomic E-state index is -0.926. The molecule has 2 aromatic rings. The van der Waals surface area contributed by atoms with Gasteiger partial charge in [0.2, 0.25) is 5.91 Å². The second kappa shape index (κ2) is 11.5. The van der Waals surface area contributed by atoms with Gasteiger partial charge in [0, 0.05) is 39.0 Å². The van der Waals surface area contributed by atoms with Gasteiger partial charge in [-0.05, 0) is 28.2 Å². The maximum Gasteiger partial charge on any atom is 0.407 e. The number of methoxy groups -OCH3 is 1. The lowest BCUT2D eigenvalue weighted by molar-refractivity contribution is -0.138. The van der Waals surface area contributed by atoms with Crippen molar-refractivity contribution < 1.29 is 29.0 Å². The van der Waals surface area contributed by atoms with E-state index >= 15 is 0 Å². The highest BCUT2D eigenvalue weighted by Gasteiger charge is 2.29. The molecule has 2 amide bonds. The Balaban J connectivity index is 1.59. The van der Waals surface area contributed by atoms with Crippen LogP contribution in [0.1, 0.15) is 36.8 Å². The standard InChI is InChI=1S/C25H30N2O6/c1-16(13-23(28)29)14-26-24(30)22(11-12-32-2)27-25(31)33-15-21-19-9-5-3-7-17(19)18-8-4-6-10-20(18)21/h3-10,16,21-22H,11-15H2,1-2H3,(H,26,30)(H,27,31)(H,28,29). The third-order valence-electron chi connectivity index (χ3n) is 5.71. The molecule has 1 aliphatic carbocycles. The van der Waals surface area contributed by atoms with Crippen molar-refractivity contribution in [3.63, 3.8) is 0 Å². The van der Waals surface area contributed by atoms with Crippen LogP contribution in [0.5, 0.6) is 0 Å². The molecule has 0 aliphatic heterocycles. The Morgan fingerprint density at radius 1 is 1.03 bits per heavy atom. The second-order valence-electron chi connectivity index (χ2n) is 8.25. The van der Waals surface area contributed by atoms with Gasteiger partial charge < -0.3 is 25.2 Å². The first-order valence-electron chi connectivity index (χ1n) is 11.0. The van der Waals surface area contributed by atoms with E-state index in [4.69, 9.17) is 14.6 Å². The number of aliphatic carboxylic acids is 1. The first-order chi connectivity index (χ1) is 15.9. The molecule has 2 unspecified atom stereocenters. The number of amides is 2. The van der Waals surface area contributed by atoms with Gasteiger partial charge in [0.1, 0.15) is 12.6 Å². The molecular weight excluding hydrogens is 424 g/mol. The molecule has 1 aliphatic rings. The molecule has 0 heterocycles. The van der Waals surface area contributed by atoms with Gasteiger partial charge >= 0.3 is 12.1 Å². The molecule has 33 heavy (non-hydrogen) atoms. The quantitative estimate of drug-likeness (QED) is 0.481. The first-order valence-corrected chi connectivity index (χ1v) is 11.0. The van der Waals surface area contributed by atoms with Crippen molar-refractivity contribution in [2.75, 3.05) is 26.9 Å². The van der Waals surface area contributed by atoms with Crippen LogP contribution in [-0.4, -0.2) is 56.0 Å². The van der Waals surface area contributed by atoms with Crippen molar-refractivity contribution in [2.45, 2.75) is 31.7 Å². The number of rotatable bonds is 11. The van der Waals surface area contributed by atoms with Gasteiger partial charge in [-0.25, -0.2) is 4.79 Å². The van der Waals surface area contributed by atoms with Gasteiger partial charge in [0.05, 0.1) is 0 Å². The van der Waals surface area contributed by atoms with Crippen LogP contribution in [-0.2, 0) is 19.1 Å². The number of carbonyl (C=O) groups is 3. The van der Waals surface area contributed by atoms with Crippen molar-refractivity contribution in [3.8, 4) is 11.1 Å². The maximum absolute atomic E-state index is 12.6. The Bertz CT molecular complexity index is 947. The topological polar surface area (TPSA) is 114 Å². The maximum atomic E-state index is 12.6. The van der Waals surface area contributed by atoms with E-state index in [9.17, 15) is 14.4 Å². The molecule has 0 saturated heterocycles. The summed E-state index contributed by atoms with van der Waals surface area (Å²) in [5.74, 6) is -1.64. The second-order valence-corrected chi connectivity index (χ2v) is 8.25. The molecule has 176 valence electrons. The van der Waals surface area contributed by atoms with Gasteiger partial charge in [-0.2, -0.15) is 0 Å². The molecule has 0 aromatic heterocycles. The van der Waals surface area contributed by atoms with Gasteiger partial charge in [-0.15, -0.1) is 0 Å². The lowest BCUT2D eigenvalue weighted by Gasteiger charge is -2.20. The average Bonchev–Trinajstić information content (AvgIpc) is 3.12. The van der Waals surface area contributed by atoms with E-state index in [1.165, 1.54) is 7.11 Å². The molecule has 0 spiro atoms. The predicted molar refractivity (Wildman–Crippen MR) is 123 cm³/mol. The zero-order valence-electron chi connectivity index (χ0n) is 18.9. The van der Waals surface area contributed by atoms with Crippen LogP contribution in [0.2, 0.25) is 0 Å². The van der Waals surface area contributed by atoms with Crippen LogP contribution in [0.25, 0.3) is 11.1 Å². The zero-order chi connectivity index (χ0) is 23.8. The Labute approximate surface area is 193 Å². The van der Waals surface area contributed by atoms with E-state index in [0.29, 0.717) is 0 Å². The van der Waals surface area contributed by atoms with Crippen molar-refractivity contribution in [3.05, 3.63) is 59.7 Å². The fourth-order valence-electron chi connectivity index (χ4n) is 4.06. The summed E-state index contributed by atoms with van der Waals surface area (Å²) in [5.41, 5.74) is 4.48. The van der Waals surface area contributed by atoms with Gasteiger partial charge in [0.15, 0.2) is 0 Å². The van der Waals surface area contributed by atoms with E-state index in [0.717, 1.165) is 22.3 Å². The van der Waals surface area contributed by atoms with E-state index in [1.807, 2.05) is 36.4 Å². The monoisotopic (exact) mass is 454 g/mol. The Kier molecular flexibility index (Phi) is 8.43. The molecule has 3 rings (SSSR count). The normalized spacial score (nSPS) is 14.0. The first kappa shape index (κ1) is 24.3. The highest BCUT2D eigenvalue weighted by Crippen LogP contribution is 2.44. The van der Waals surface area contributed by atoms with Gasteiger partial charge in [0.25, 0.3) is 0 Å². The highest BCUT2D eigenvalue weighted by atomic mass is 16.5. The summed E-state index contributed by atoms with van der Waals surface area (Å²) in [6.45, 7) is 2.35. The molecule has 0 fully saturated rings. The summed E-state index contributed by atoms with van der Waals surface area (Å²) < 4.78 is 10.6. The van der Waals surface area contributed by atoms with Crippen LogP contribution in [0.15, 0.2) is 48.5 Å². The van der Waals surface area contributed by atoms with Crippen LogP contribution in [0, 0.1) is 5.92 Å². The summed E-state index contributed by atoms with van der Waals surface area (Å²) in [6, 6.07) is 15.3. The van der Waals surface area contributed by atoms with Crippen LogP contribution in [0.4, 0.5) is 4.79 Å². The van der Waals surface area contributed by atoms with Crippen molar-refractivity contribution in [2.24, 2.45) is 5.92 Å². The molecule has 0 saturated carbocycles.